The molecule has 0 spiro atoms. The zero-order valence-corrected chi connectivity index (χ0v) is 17.2. The number of hydrogen-bond donors (Lipinski definition) is 3. The zero-order valence-electron chi connectivity index (χ0n) is 16.4. The van der Waals surface area contributed by atoms with Crippen LogP contribution < -0.4 is 16.0 Å². The number of amides is 5. The summed E-state index contributed by atoms with van der Waals surface area (Å²) in [6, 6.07) is 15.1. The highest BCUT2D eigenvalue weighted by Crippen LogP contribution is 2.16. The fourth-order valence-electron chi connectivity index (χ4n) is 3.15. The smallest absolute Gasteiger partial charge is 0.323 e. The highest BCUT2D eigenvalue weighted by Gasteiger charge is 2.21. The largest absolute Gasteiger partial charge is 0.325 e. The van der Waals surface area contributed by atoms with Crippen molar-refractivity contribution in [2.24, 2.45) is 0 Å². The summed E-state index contributed by atoms with van der Waals surface area (Å²) in [6.07, 6.45) is 0.729. The summed E-state index contributed by atoms with van der Waals surface area (Å²) in [5, 5.41) is 8.33. The lowest BCUT2D eigenvalue weighted by Crippen LogP contribution is -2.43. The van der Waals surface area contributed by atoms with E-state index in [1.54, 1.807) is 53.4 Å². The zero-order chi connectivity index (χ0) is 21.3. The molecule has 158 valence electrons. The molecule has 1 heterocycles. The van der Waals surface area contributed by atoms with Gasteiger partial charge in [-0.05, 0) is 36.8 Å². The summed E-state index contributed by atoms with van der Waals surface area (Å²) in [5.74, 6) is -0.389. The van der Waals surface area contributed by atoms with E-state index in [4.69, 9.17) is 11.6 Å². The summed E-state index contributed by atoms with van der Waals surface area (Å²) in [6.45, 7) is 2.35. The van der Waals surface area contributed by atoms with Crippen molar-refractivity contribution in [2.45, 2.75) is 6.42 Å². The Morgan fingerprint density at radius 3 is 2.40 bits per heavy atom. The lowest BCUT2D eigenvalue weighted by atomic mass is 10.3. The van der Waals surface area contributed by atoms with Gasteiger partial charge in [0.05, 0.1) is 6.54 Å². The van der Waals surface area contributed by atoms with Crippen molar-refractivity contribution in [1.29, 1.82) is 0 Å². The second kappa shape index (κ2) is 10.6. The first-order valence-electron chi connectivity index (χ1n) is 9.69. The number of benzene rings is 2. The van der Waals surface area contributed by atoms with Crippen molar-refractivity contribution in [3.8, 4) is 0 Å². The maximum absolute atomic E-state index is 12.5. The number of imide groups is 1. The number of carbonyl (C=O) groups is 3. The van der Waals surface area contributed by atoms with Gasteiger partial charge in [0, 0.05) is 42.6 Å². The molecule has 8 nitrogen and oxygen atoms in total. The molecule has 0 radical (unpaired) electrons. The van der Waals surface area contributed by atoms with Crippen LogP contribution in [0.1, 0.15) is 6.42 Å². The third-order valence-electron chi connectivity index (χ3n) is 4.60. The first kappa shape index (κ1) is 21.6. The minimum atomic E-state index is -0.566. The average molecular weight is 430 g/mol. The van der Waals surface area contributed by atoms with E-state index in [2.05, 4.69) is 16.0 Å². The van der Waals surface area contributed by atoms with Gasteiger partial charge >= 0.3 is 12.1 Å². The Bertz CT molecular complexity index is 893. The van der Waals surface area contributed by atoms with Gasteiger partial charge in [0.15, 0.2) is 0 Å². The van der Waals surface area contributed by atoms with E-state index in [1.807, 2.05) is 11.0 Å². The number of nitrogens with one attached hydrogen (secondary N) is 3. The number of anilines is 2. The maximum atomic E-state index is 12.5. The Morgan fingerprint density at radius 2 is 1.63 bits per heavy atom. The van der Waals surface area contributed by atoms with Gasteiger partial charge in [-0.2, -0.15) is 0 Å². The molecule has 2 aromatic rings. The predicted molar refractivity (Wildman–Crippen MR) is 117 cm³/mol. The summed E-state index contributed by atoms with van der Waals surface area (Å²) < 4.78 is 0. The van der Waals surface area contributed by atoms with Crippen LogP contribution in [0.4, 0.5) is 21.0 Å². The molecule has 0 unspecified atom stereocenters. The molecule has 5 amide bonds. The molecular formula is C21H24ClN5O3. The molecule has 0 saturated carbocycles. The third-order valence-corrected chi connectivity index (χ3v) is 4.84. The maximum Gasteiger partial charge on any atom is 0.325 e. The van der Waals surface area contributed by atoms with Gasteiger partial charge in [0.2, 0.25) is 5.91 Å². The van der Waals surface area contributed by atoms with E-state index in [0.717, 1.165) is 6.42 Å². The van der Waals surface area contributed by atoms with Crippen molar-refractivity contribution in [2.75, 3.05) is 43.4 Å². The lowest BCUT2D eigenvalue weighted by molar-refractivity contribution is -0.121. The van der Waals surface area contributed by atoms with E-state index in [0.29, 0.717) is 42.6 Å². The molecular weight excluding hydrogens is 406 g/mol. The topological polar surface area (TPSA) is 93.8 Å². The number of halogens is 1. The van der Waals surface area contributed by atoms with Gasteiger partial charge in [-0.15, -0.1) is 0 Å². The van der Waals surface area contributed by atoms with Gasteiger partial charge in [-0.1, -0.05) is 35.9 Å². The van der Waals surface area contributed by atoms with Crippen LogP contribution in [0.15, 0.2) is 54.6 Å². The molecule has 1 fully saturated rings. The Hall–Kier alpha value is -3.10. The normalized spacial score (nSPS) is 14.5. The highest BCUT2D eigenvalue weighted by molar-refractivity contribution is 6.30. The Balaban J connectivity index is 1.43. The summed E-state index contributed by atoms with van der Waals surface area (Å²) in [4.78, 5) is 40.3. The van der Waals surface area contributed by atoms with Crippen LogP contribution in [0.5, 0.6) is 0 Å². The van der Waals surface area contributed by atoms with Crippen molar-refractivity contribution in [1.82, 2.24) is 15.1 Å². The van der Waals surface area contributed by atoms with Gasteiger partial charge in [0.1, 0.15) is 0 Å². The Labute approximate surface area is 180 Å². The van der Waals surface area contributed by atoms with Crippen LogP contribution in [0.25, 0.3) is 0 Å². The molecule has 3 N–H and O–H groups in total. The van der Waals surface area contributed by atoms with E-state index in [1.165, 1.54) is 0 Å². The third kappa shape index (κ3) is 6.75. The first-order valence-corrected chi connectivity index (χ1v) is 10.1. The SMILES string of the molecule is O=C(CN1CCCN(C(=O)Nc2cccc(Cl)c2)CC1)NC(=O)Nc1ccccc1. The molecule has 0 aliphatic carbocycles. The first-order chi connectivity index (χ1) is 14.5. The van der Waals surface area contributed by atoms with E-state index < -0.39 is 6.03 Å². The fourth-order valence-corrected chi connectivity index (χ4v) is 3.34. The van der Waals surface area contributed by atoms with Crippen molar-refractivity contribution in [3.05, 3.63) is 59.6 Å². The number of nitrogens with zero attached hydrogens (tertiary/aromatic N) is 2. The molecule has 1 saturated heterocycles. The van der Waals surface area contributed by atoms with Crippen LogP contribution in [0.3, 0.4) is 0 Å². The van der Waals surface area contributed by atoms with Crippen LogP contribution in [-0.2, 0) is 4.79 Å². The molecule has 0 atom stereocenters. The number of urea groups is 2. The van der Waals surface area contributed by atoms with Gasteiger partial charge in [-0.3, -0.25) is 15.0 Å². The molecule has 30 heavy (non-hydrogen) atoms. The summed E-state index contributed by atoms with van der Waals surface area (Å²) in [7, 11) is 0. The van der Waals surface area contributed by atoms with Crippen molar-refractivity contribution < 1.29 is 14.4 Å². The molecule has 3 rings (SSSR count). The number of para-hydroxylation sites is 1. The van der Waals surface area contributed by atoms with E-state index >= 15 is 0 Å². The van der Waals surface area contributed by atoms with Gasteiger partial charge in [-0.25, -0.2) is 9.59 Å². The molecule has 2 aromatic carbocycles. The van der Waals surface area contributed by atoms with Crippen LogP contribution in [0, 0.1) is 0 Å². The molecule has 0 bridgehead atoms. The molecule has 9 heteroatoms. The minimum absolute atomic E-state index is 0.0892. The van der Waals surface area contributed by atoms with Crippen molar-refractivity contribution in [3.63, 3.8) is 0 Å². The predicted octanol–water partition coefficient (Wildman–Crippen LogP) is 3.23. The van der Waals surface area contributed by atoms with Gasteiger partial charge < -0.3 is 15.5 Å². The average Bonchev–Trinajstić information content (AvgIpc) is 2.94. The minimum Gasteiger partial charge on any atom is -0.323 e. The van der Waals surface area contributed by atoms with E-state index in [9.17, 15) is 14.4 Å². The monoisotopic (exact) mass is 429 g/mol. The number of carbonyl (C=O) groups excluding carboxylic acids is 3. The Kier molecular flexibility index (Phi) is 7.64. The van der Waals surface area contributed by atoms with Gasteiger partial charge in [0.25, 0.3) is 0 Å². The lowest BCUT2D eigenvalue weighted by Gasteiger charge is -2.22. The number of hydrogen-bond acceptors (Lipinski definition) is 4. The molecule has 1 aliphatic heterocycles. The second-order valence-corrected chi connectivity index (χ2v) is 7.36. The Morgan fingerprint density at radius 1 is 0.867 bits per heavy atom. The van der Waals surface area contributed by atoms with Crippen LogP contribution >= 0.6 is 11.6 Å². The number of rotatable bonds is 4. The molecule has 0 aromatic heterocycles. The van der Waals surface area contributed by atoms with Crippen molar-refractivity contribution >= 4 is 40.9 Å². The second-order valence-electron chi connectivity index (χ2n) is 6.93. The molecule has 1 aliphatic rings. The standard InChI is InChI=1S/C21H24ClN5O3/c22-16-6-4-9-18(14-16)24-21(30)27-11-5-10-26(12-13-27)15-19(28)25-20(29)23-17-7-2-1-3-8-17/h1-4,6-9,14H,5,10-13,15H2,(H,24,30)(H2,23,25,28,29). The van der Waals surface area contributed by atoms with E-state index in [-0.39, 0.29) is 18.5 Å². The van der Waals surface area contributed by atoms with Crippen LogP contribution in [-0.4, -0.2) is 60.5 Å². The fraction of sp³-hybridized carbons (Fsp3) is 0.286. The van der Waals surface area contributed by atoms with Crippen LogP contribution in [0.2, 0.25) is 5.02 Å². The summed E-state index contributed by atoms with van der Waals surface area (Å²) in [5.41, 5.74) is 1.25. The quantitative estimate of drug-likeness (QED) is 0.695. The highest BCUT2D eigenvalue weighted by atomic mass is 35.5. The summed E-state index contributed by atoms with van der Waals surface area (Å²) >= 11 is 5.95.